The molecular weight excluding hydrogens is 658 g/mol. The molecule has 42 heavy (non-hydrogen) atoms. The third-order valence-electron chi connectivity index (χ3n) is 6.07. The standard InChI is InChI=1S/C30H17BrCl2F3N3O3/c31-20-9-10-24(42-29(41)17-7-4-8-19(11-17)30(34,35)36)18(12-20)15-37-39-28(40)27-25(16-5-2-1-3-6-16)26-22(33)13-21(32)14-23(26)38-27/h1-15,38H,(H,39,40). The minimum Gasteiger partial charge on any atom is -0.422 e. The van der Waals surface area contributed by atoms with Crippen LogP contribution in [-0.2, 0) is 6.18 Å². The second-order valence-electron chi connectivity index (χ2n) is 8.90. The number of halogens is 6. The molecule has 0 radical (unpaired) electrons. The normalized spacial score (nSPS) is 11.7. The first-order valence-corrected chi connectivity index (χ1v) is 13.6. The molecule has 4 aromatic carbocycles. The Balaban J connectivity index is 1.42. The smallest absolute Gasteiger partial charge is 0.416 e. The van der Waals surface area contributed by atoms with Crippen LogP contribution >= 0.6 is 39.1 Å². The molecule has 2 N–H and O–H groups in total. The number of carbonyl (C=O) groups excluding carboxylic acids is 2. The van der Waals surface area contributed by atoms with Crippen LogP contribution in [0.3, 0.4) is 0 Å². The highest BCUT2D eigenvalue weighted by molar-refractivity contribution is 9.10. The predicted molar refractivity (Wildman–Crippen MR) is 159 cm³/mol. The Morgan fingerprint density at radius 3 is 2.45 bits per heavy atom. The average Bonchev–Trinajstić information content (AvgIpc) is 3.34. The summed E-state index contributed by atoms with van der Waals surface area (Å²) >= 11 is 16.0. The fraction of sp³-hybridized carbons (Fsp3) is 0.0333. The quantitative estimate of drug-likeness (QED) is 0.0817. The first-order chi connectivity index (χ1) is 20.0. The van der Waals surface area contributed by atoms with Crippen molar-refractivity contribution in [1.29, 1.82) is 0 Å². The van der Waals surface area contributed by atoms with Gasteiger partial charge < -0.3 is 9.72 Å². The number of carbonyl (C=O) groups is 2. The third-order valence-corrected chi connectivity index (χ3v) is 7.08. The zero-order valence-corrected chi connectivity index (χ0v) is 24.2. The molecule has 5 rings (SSSR count). The highest BCUT2D eigenvalue weighted by atomic mass is 79.9. The van der Waals surface area contributed by atoms with Gasteiger partial charge in [0.1, 0.15) is 11.4 Å². The molecule has 12 heteroatoms. The van der Waals surface area contributed by atoms with Crippen LogP contribution in [-0.4, -0.2) is 23.1 Å². The number of rotatable bonds is 6. The molecule has 0 aliphatic rings. The van der Waals surface area contributed by atoms with Crippen molar-refractivity contribution in [2.45, 2.75) is 6.18 Å². The molecule has 0 unspecified atom stereocenters. The van der Waals surface area contributed by atoms with Crippen molar-refractivity contribution >= 4 is 68.1 Å². The molecule has 0 fully saturated rings. The van der Waals surface area contributed by atoms with E-state index >= 15 is 0 Å². The highest BCUT2D eigenvalue weighted by Crippen LogP contribution is 2.38. The Bertz CT molecular complexity index is 1860. The topological polar surface area (TPSA) is 83.5 Å². The van der Waals surface area contributed by atoms with Crippen molar-refractivity contribution in [2.75, 3.05) is 0 Å². The van der Waals surface area contributed by atoms with Crippen LogP contribution in [0.5, 0.6) is 5.75 Å². The SMILES string of the molecule is O=C(Oc1ccc(Br)cc1C=NNC(=O)c1[nH]c2cc(Cl)cc(Cl)c2c1-c1ccccc1)c1cccc(C(F)(F)F)c1. The zero-order chi connectivity index (χ0) is 30.0. The van der Waals surface area contributed by atoms with Crippen LogP contribution < -0.4 is 10.2 Å². The number of amides is 1. The maximum absolute atomic E-state index is 13.3. The lowest BCUT2D eigenvalue weighted by atomic mass is 10.0. The number of benzene rings is 4. The molecule has 5 aromatic rings. The third kappa shape index (κ3) is 6.35. The van der Waals surface area contributed by atoms with Gasteiger partial charge in [-0.1, -0.05) is 75.5 Å². The van der Waals surface area contributed by atoms with E-state index < -0.39 is 23.6 Å². The zero-order valence-electron chi connectivity index (χ0n) is 21.1. The molecular formula is C30H17BrCl2F3N3O3. The van der Waals surface area contributed by atoms with Crippen molar-refractivity contribution in [3.05, 3.63) is 122 Å². The van der Waals surface area contributed by atoms with Gasteiger partial charge in [-0.05, 0) is 54.1 Å². The molecule has 0 atom stereocenters. The van der Waals surface area contributed by atoms with Gasteiger partial charge >= 0.3 is 12.1 Å². The number of esters is 1. The Kier molecular flexibility index (Phi) is 8.40. The van der Waals surface area contributed by atoms with Gasteiger partial charge in [0, 0.05) is 31.5 Å². The minimum atomic E-state index is -4.62. The number of ether oxygens (including phenoxy) is 1. The molecule has 1 heterocycles. The van der Waals surface area contributed by atoms with Gasteiger partial charge in [-0.3, -0.25) is 4.79 Å². The molecule has 1 aromatic heterocycles. The van der Waals surface area contributed by atoms with Crippen LogP contribution in [0.1, 0.15) is 32.0 Å². The van der Waals surface area contributed by atoms with Crippen molar-refractivity contribution in [3.8, 4) is 16.9 Å². The minimum absolute atomic E-state index is 0.00983. The second kappa shape index (κ2) is 12.0. The van der Waals surface area contributed by atoms with Gasteiger partial charge in [-0.25, -0.2) is 10.2 Å². The lowest BCUT2D eigenvalue weighted by Crippen LogP contribution is -2.19. The molecule has 0 spiro atoms. The number of alkyl halides is 3. The van der Waals surface area contributed by atoms with Crippen LogP contribution in [0.2, 0.25) is 10.0 Å². The summed E-state index contributed by atoms with van der Waals surface area (Å²) in [7, 11) is 0. The Hall–Kier alpha value is -4.12. The van der Waals surface area contributed by atoms with Gasteiger partial charge in [0.2, 0.25) is 0 Å². The van der Waals surface area contributed by atoms with Crippen molar-refractivity contribution in [2.24, 2.45) is 5.10 Å². The van der Waals surface area contributed by atoms with Crippen LogP contribution in [0, 0.1) is 0 Å². The van der Waals surface area contributed by atoms with Crippen LogP contribution in [0.4, 0.5) is 13.2 Å². The lowest BCUT2D eigenvalue weighted by molar-refractivity contribution is -0.137. The number of aromatic amines is 1. The first kappa shape index (κ1) is 29.4. The Labute approximate surface area is 255 Å². The van der Waals surface area contributed by atoms with E-state index in [1.165, 1.54) is 18.3 Å². The number of nitrogens with zero attached hydrogens (tertiary/aromatic N) is 1. The summed E-state index contributed by atoms with van der Waals surface area (Å²) in [6.45, 7) is 0. The number of aromatic nitrogens is 1. The fourth-order valence-corrected chi connectivity index (χ4v) is 5.19. The summed E-state index contributed by atoms with van der Waals surface area (Å²) in [5.74, 6) is -1.58. The monoisotopic (exact) mass is 673 g/mol. The van der Waals surface area contributed by atoms with Crippen molar-refractivity contribution < 1.29 is 27.5 Å². The summed E-state index contributed by atoms with van der Waals surface area (Å²) in [4.78, 5) is 29.0. The van der Waals surface area contributed by atoms with E-state index in [4.69, 9.17) is 27.9 Å². The second-order valence-corrected chi connectivity index (χ2v) is 10.7. The van der Waals surface area contributed by atoms with Gasteiger partial charge in [0.05, 0.1) is 22.4 Å². The molecule has 0 saturated carbocycles. The van der Waals surface area contributed by atoms with E-state index in [9.17, 15) is 22.8 Å². The first-order valence-electron chi connectivity index (χ1n) is 12.1. The van der Waals surface area contributed by atoms with E-state index in [0.29, 0.717) is 37.1 Å². The molecule has 1 amide bonds. The molecule has 0 bridgehead atoms. The summed E-state index contributed by atoms with van der Waals surface area (Å²) in [6.07, 6.45) is -3.38. The maximum atomic E-state index is 13.3. The summed E-state index contributed by atoms with van der Waals surface area (Å²) in [5.41, 5.74) is 3.48. The summed E-state index contributed by atoms with van der Waals surface area (Å²) in [6, 6.07) is 20.9. The van der Waals surface area contributed by atoms with E-state index in [1.54, 1.807) is 24.3 Å². The largest absolute Gasteiger partial charge is 0.422 e. The van der Waals surface area contributed by atoms with Crippen LogP contribution in [0.15, 0.2) is 94.5 Å². The van der Waals surface area contributed by atoms with E-state index in [0.717, 1.165) is 17.7 Å². The lowest BCUT2D eigenvalue weighted by Gasteiger charge is -2.10. The van der Waals surface area contributed by atoms with Gasteiger partial charge in [0.15, 0.2) is 0 Å². The number of fused-ring (bicyclic) bond motifs is 1. The van der Waals surface area contributed by atoms with Gasteiger partial charge in [0.25, 0.3) is 5.91 Å². The van der Waals surface area contributed by atoms with Crippen molar-refractivity contribution in [1.82, 2.24) is 10.4 Å². The van der Waals surface area contributed by atoms with Crippen molar-refractivity contribution in [3.63, 3.8) is 0 Å². The highest BCUT2D eigenvalue weighted by Gasteiger charge is 2.31. The molecule has 0 aliphatic heterocycles. The Morgan fingerprint density at radius 1 is 0.952 bits per heavy atom. The summed E-state index contributed by atoms with van der Waals surface area (Å²) in [5, 5.41) is 5.38. The number of nitrogens with one attached hydrogen (secondary N) is 2. The number of hydrogen-bond acceptors (Lipinski definition) is 4. The molecule has 6 nitrogen and oxygen atoms in total. The maximum Gasteiger partial charge on any atom is 0.416 e. The predicted octanol–water partition coefficient (Wildman–Crippen LogP) is 8.91. The Morgan fingerprint density at radius 2 is 1.71 bits per heavy atom. The summed E-state index contributed by atoms with van der Waals surface area (Å²) < 4.78 is 45.2. The number of hydrogen-bond donors (Lipinski definition) is 2. The number of hydrazone groups is 1. The van der Waals surface area contributed by atoms with E-state index in [-0.39, 0.29) is 22.6 Å². The molecule has 212 valence electrons. The van der Waals surface area contributed by atoms with E-state index in [1.807, 2.05) is 30.3 Å². The average molecular weight is 675 g/mol. The van der Waals surface area contributed by atoms with Gasteiger partial charge in [-0.15, -0.1) is 0 Å². The number of H-pyrrole nitrogens is 1. The fourth-order valence-electron chi connectivity index (χ4n) is 4.22. The molecule has 0 aliphatic carbocycles. The van der Waals surface area contributed by atoms with E-state index in [2.05, 4.69) is 31.4 Å². The molecule has 0 saturated heterocycles. The van der Waals surface area contributed by atoms with Gasteiger partial charge in [-0.2, -0.15) is 18.3 Å². The van der Waals surface area contributed by atoms with Crippen LogP contribution in [0.25, 0.3) is 22.0 Å².